The van der Waals surface area contributed by atoms with Gasteiger partial charge < -0.3 is 5.32 Å². The molecule has 0 spiro atoms. The fourth-order valence-electron chi connectivity index (χ4n) is 2.82. The van der Waals surface area contributed by atoms with E-state index in [0.29, 0.717) is 11.0 Å². The van der Waals surface area contributed by atoms with Crippen molar-refractivity contribution < 1.29 is 18.0 Å². The van der Waals surface area contributed by atoms with E-state index < -0.39 is 18.6 Å². The van der Waals surface area contributed by atoms with Gasteiger partial charge in [-0.25, -0.2) is 0 Å². The summed E-state index contributed by atoms with van der Waals surface area (Å²) >= 11 is 1.03. The van der Waals surface area contributed by atoms with Crippen LogP contribution in [0.4, 0.5) is 13.2 Å². The smallest absolute Gasteiger partial charge is 0.346 e. The Morgan fingerprint density at radius 1 is 1.17 bits per heavy atom. The molecule has 1 aromatic carbocycles. The number of benzene rings is 1. The number of hydrogen-bond acceptors (Lipinski definition) is 5. The fourth-order valence-corrected chi connectivity index (χ4v) is 3.60. The first-order valence-electron chi connectivity index (χ1n) is 9.17. The predicted molar refractivity (Wildman–Crippen MR) is 108 cm³/mol. The third-order valence-electron chi connectivity index (χ3n) is 4.17. The first-order chi connectivity index (χ1) is 14.3. The maximum Gasteiger partial charge on any atom is 0.405 e. The normalized spacial score (nSPS) is 11.7. The summed E-state index contributed by atoms with van der Waals surface area (Å²) in [5, 5.41) is 10.7. The number of aromatic nitrogens is 4. The lowest BCUT2D eigenvalue weighted by molar-refractivity contribution is -0.136. The molecule has 2 aromatic heterocycles. The molecule has 0 aliphatic rings. The zero-order chi connectivity index (χ0) is 21.7. The lowest BCUT2D eigenvalue weighted by Gasteiger charge is -2.16. The number of thioether (sulfide) groups is 1. The molecule has 0 bridgehead atoms. The van der Waals surface area contributed by atoms with E-state index in [9.17, 15) is 18.0 Å². The van der Waals surface area contributed by atoms with Crippen LogP contribution in [0.5, 0.6) is 0 Å². The molecule has 0 saturated heterocycles. The Balaban J connectivity index is 1.95. The zero-order valence-corrected chi connectivity index (χ0v) is 17.2. The number of halogens is 3. The minimum absolute atomic E-state index is 0.207. The van der Waals surface area contributed by atoms with Gasteiger partial charge in [0, 0.05) is 18.0 Å². The van der Waals surface area contributed by atoms with Gasteiger partial charge in [0.15, 0.2) is 11.0 Å². The van der Waals surface area contributed by atoms with Crippen LogP contribution in [0.15, 0.2) is 53.9 Å². The molecule has 158 valence electrons. The topological polar surface area (TPSA) is 72.7 Å². The molecular weight excluding hydrogens is 415 g/mol. The van der Waals surface area contributed by atoms with Crippen molar-refractivity contribution in [2.45, 2.75) is 31.1 Å². The number of rotatable bonds is 7. The summed E-state index contributed by atoms with van der Waals surface area (Å²) in [6.45, 7) is 2.75. The molecule has 0 aliphatic carbocycles. The highest BCUT2D eigenvalue weighted by atomic mass is 32.2. The molecule has 0 radical (unpaired) electrons. The molecule has 30 heavy (non-hydrogen) atoms. The molecule has 0 atom stereocenters. The van der Waals surface area contributed by atoms with Crippen molar-refractivity contribution in [3.8, 4) is 17.1 Å². The van der Waals surface area contributed by atoms with Crippen molar-refractivity contribution in [2.24, 2.45) is 0 Å². The van der Waals surface area contributed by atoms with Crippen LogP contribution in [0.25, 0.3) is 17.1 Å². The Bertz CT molecular complexity index is 1010. The van der Waals surface area contributed by atoms with E-state index in [1.807, 2.05) is 40.2 Å². The summed E-state index contributed by atoms with van der Waals surface area (Å²) < 4.78 is 38.8. The second-order valence-electron chi connectivity index (χ2n) is 6.78. The van der Waals surface area contributed by atoms with Crippen molar-refractivity contribution in [3.63, 3.8) is 0 Å². The van der Waals surface area contributed by atoms with Gasteiger partial charge in [-0.3, -0.25) is 14.3 Å². The molecule has 1 amide bonds. The largest absolute Gasteiger partial charge is 0.405 e. The van der Waals surface area contributed by atoms with Gasteiger partial charge in [0.1, 0.15) is 6.54 Å². The first kappa shape index (κ1) is 21.8. The quantitative estimate of drug-likeness (QED) is 0.563. The lowest BCUT2D eigenvalue weighted by atomic mass is 10.0. The van der Waals surface area contributed by atoms with Gasteiger partial charge >= 0.3 is 6.18 Å². The fraction of sp³-hybridized carbons (Fsp3) is 0.300. The van der Waals surface area contributed by atoms with E-state index in [-0.39, 0.29) is 11.7 Å². The molecule has 2 heterocycles. The van der Waals surface area contributed by atoms with E-state index >= 15 is 0 Å². The van der Waals surface area contributed by atoms with Crippen molar-refractivity contribution >= 4 is 17.7 Å². The summed E-state index contributed by atoms with van der Waals surface area (Å²) in [6, 6.07) is 11.4. The van der Waals surface area contributed by atoms with Gasteiger partial charge in [0.05, 0.1) is 11.4 Å². The third-order valence-corrected chi connectivity index (χ3v) is 5.10. The van der Waals surface area contributed by atoms with Crippen LogP contribution in [0.1, 0.15) is 25.3 Å². The Morgan fingerprint density at radius 3 is 2.60 bits per heavy atom. The highest BCUT2D eigenvalue weighted by Crippen LogP contribution is 2.31. The van der Waals surface area contributed by atoms with Gasteiger partial charge in [-0.1, -0.05) is 43.8 Å². The number of carbonyl (C=O) groups excluding carboxylic acids is 1. The number of nitrogens with one attached hydrogen (secondary N) is 1. The molecule has 3 aromatic rings. The second kappa shape index (κ2) is 9.29. The molecule has 1 N–H and O–H groups in total. The minimum atomic E-state index is -4.45. The van der Waals surface area contributed by atoms with Gasteiger partial charge in [-0.2, -0.15) is 13.2 Å². The number of nitrogens with zero attached hydrogens (tertiary/aromatic N) is 4. The Morgan fingerprint density at radius 2 is 1.93 bits per heavy atom. The van der Waals surface area contributed by atoms with E-state index in [0.717, 1.165) is 28.6 Å². The standard InChI is InChI=1S/C20H20F3N5OS/c1-13(2)15-7-3-4-8-16(15)28-18(14-6-5-9-24-10-14)26-27-19(28)30-11-17(29)25-12-20(21,22)23/h3-10,13H,11-12H2,1-2H3,(H,25,29). The van der Waals surface area contributed by atoms with Crippen LogP contribution in [0.3, 0.4) is 0 Å². The molecule has 0 saturated carbocycles. The summed E-state index contributed by atoms with van der Waals surface area (Å²) in [4.78, 5) is 16.0. The van der Waals surface area contributed by atoms with E-state index in [1.54, 1.807) is 18.5 Å². The van der Waals surface area contributed by atoms with E-state index in [2.05, 4.69) is 29.0 Å². The third kappa shape index (κ3) is 5.38. The summed E-state index contributed by atoms with van der Waals surface area (Å²) in [5.74, 6) is -0.204. The Labute approximate surface area is 175 Å². The molecular formula is C20H20F3N5OS. The predicted octanol–water partition coefficient (Wildman–Crippen LogP) is 4.22. The van der Waals surface area contributed by atoms with Gasteiger partial charge in [0.2, 0.25) is 5.91 Å². The average molecular weight is 435 g/mol. The SMILES string of the molecule is CC(C)c1ccccc1-n1c(SCC(=O)NCC(F)(F)F)nnc1-c1cccnc1. The first-order valence-corrected chi connectivity index (χ1v) is 10.2. The molecule has 0 fully saturated rings. The maximum atomic E-state index is 12.3. The van der Waals surface area contributed by atoms with E-state index in [1.165, 1.54) is 0 Å². The van der Waals surface area contributed by atoms with Crippen LogP contribution in [0, 0.1) is 0 Å². The highest BCUT2D eigenvalue weighted by molar-refractivity contribution is 7.99. The van der Waals surface area contributed by atoms with Gasteiger partial charge in [-0.05, 0) is 29.7 Å². The summed E-state index contributed by atoms with van der Waals surface area (Å²) in [5.41, 5.74) is 2.62. The van der Waals surface area contributed by atoms with Crippen molar-refractivity contribution in [3.05, 3.63) is 54.4 Å². The number of carbonyl (C=O) groups is 1. The van der Waals surface area contributed by atoms with Crippen molar-refractivity contribution in [1.82, 2.24) is 25.1 Å². The van der Waals surface area contributed by atoms with Crippen LogP contribution >= 0.6 is 11.8 Å². The maximum absolute atomic E-state index is 12.3. The van der Waals surface area contributed by atoms with Crippen LogP contribution < -0.4 is 5.32 Å². The minimum Gasteiger partial charge on any atom is -0.346 e. The van der Waals surface area contributed by atoms with Gasteiger partial charge in [-0.15, -0.1) is 10.2 Å². The van der Waals surface area contributed by atoms with Crippen LogP contribution in [0.2, 0.25) is 0 Å². The van der Waals surface area contributed by atoms with Crippen molar-refractivity contribution in [1.29, 1.82) is 0 Å². The van der Waals surface area contributed by atoms with Crippen molar-refractivity contribution in [2.75, 3.05) is 12.3 Å². The Hall–Kier alpha value is -2.88. The molecule has 3 rings (SSSR count). The molecule has 0 aliphatic heterocycles. The van der Waals surface area contributed by atoms with E-state index in [4.69, 9.17) is 0 Å². The summed E-state index contributed by atoms with van der Waals surface area (Å²) in [6.07, 6.45) is -1.15. The van der Waals surface area contributed by atoms with Crippen LogP contribution in [-0.4, -0.2) is 44.1 Å². The zero-order valence-electron chi connectivity index (χ0n) is 16.3. The van der Waals surface area contributed by atoms with Crippen LogP contribution in [-0.2, 0) is 4.79 Å². The number of hydrogen-bond donors (Lipinski definition) is 1. The molecule has 10 heteroatoms. The number of para-hydroxylation sites is 1. The number of pyridine rings is 1. The highest BCUT2D eigenvalue weighted by Gasteiger charge is 2.28. The monoisotopic (exact) mass is 435 g/mol. The summed E-state index contributed by atoms with van der Waals surface area (Å²) in [7, 11) is 0. The number of alkyl halides is 3. The molecule has 6 nitrogen and oxygen atoms in total. The molecule has 0 unspecified atom stereocenters. The lowest BCUT2D eigenvalue weighted by Crippen LogP contribution is -2.34. The number of amides is 1. The Kier molecular flexibility index (Phi) is 6.76. The average Bonchev–Trinajstić information content (AvgIpc) is 3.14. The second-order valence-corrected chi connectivity index (χ2v) is 7.72. The van der Waals surface area contributed by atoms with Gasteiger partial charge in [0.25, 0.3) is 0 Å².